The molecule has 0 fully saturated rings. The molecular weight excluding hydrogens is 380 g/mol. The molecular formula is C19H15BrN4O. The largest absolute Gasteiger partial charge is 0.397 e. The Hall–Kier alpha value is -2.86. The molecule has 2 N–H and O–H groups in total. The highest BCUT2D eigenvalue weighted by Crippen LogP contribution is 2.27. The van der Waals surface area contributed by atoms with Gasteiger partial charge in [-0.15, -0.1) is 0 Å². The minimum Gasteiger partial charge on any atom is -0.397 e. The Labute approximate surface area is 152 Å². The number of para-hydroxylation sites is 1. The number of benzene rings is 2. The number of nitrogens with two attached hydrogens (primary N) is 1. The summed E-state index contributed by atoms with van der Waals surface area (Å²) in [5.74, 6) is 0.570. The molecule has 2 heterocycles. The number of aryl methyl sites for hydroxylation is 1. The summed E-state index contributed by atoms with van der Waals surface area (Å²) in [6, 6.07) is 16.9. The Bertz CT molecular complexity index is 1150. The Morgan fingerprint density at radius 2 is 1.84 bits per heavy atom. The van der Waals surface area contributed by atoms with Gasteiger partial charge in [0.05, 0.1) is 22.4 Å². The number of hydrogen-bond donors (Lipinski definition) is 1. The third kappa shape index (κ3) is 2.46. The van der Waals surface area contributed by atoms with Gasteiger partial charge >= 0.3 is 5.69 Å². The number of nitrogen functional groups attached to an aromatic ring is 1. The molecule has 0 aliphatic heterocycles. The molecule has 0 amide bonds. The number of fused-ring (bicyclic) bond motifs is 1. The number of anilines is 1. The molecule has 0 radical (unpaired) electrons. The summed E-state index contributed by atoms with van der Waals surface area (Å²) in [5.41, 5.74) is 9.79. The first-order valence-electron chi connectivity index (χ1n) is 7.78. The van der Waals surface area contributed by atoms with E-state index in [9.17, 15) is 4.79 Å². The van der Waals surface area contributed by atoms with E-state index in [-0.39, 0.29) is 5.69 Å². The van der Waals surface area contributed by atoms with Crippen LogP contribution in [0.15, 0.2) is 70.1 Å². The van der Waals surface area contributed by atoms with E-state index in [4.69, 9.17) is 5.73 Å². The Morgan fingerprint density at radius 3 is 2.60 bits per heavy atom. The maximum absolute atomic E-state index is 13.3. The molecule has 5 nitrogen and oxygen atoms in total. The first kappa shape index (κ1) is 15.7. The minimum atomic E-state index is -0.205. The number of imidazole rings is 1. The van der Waals surface area contributed by atoms with E-state index in [0.717, 1.165) is 21.1 Å². The highest BCUT2D eigenvalue weighted by molar-refractivity contribution is 9.10. The van der Waals surface area contributed by atoms with Crippen LogP contribution in [0.5, 0.6) is 0 Å². The van der Waals surface area contributed by atoms with Crippen molar-refractivity contribution in [2.45, 2.75) is 6.92 Å². The van der Waals surface area contributed by atoms with Crippen molar-refractivity contribution in [3.63, 3.8) is 0 Å². The van der Waals surface area contributed by atoms with Gasteiger partial charge in [0.15, 0.2) is 0 Å². The molecule has 0 aliphatic rings. The number of aromatic nitrogens is 3. The molecule has 0 spiro atoms. The summed E-state index contributed by atoms with van der Waals surface area (Å²) in [6.45, 7) is 1.93. The van der Waals surface area contributed by atoms with E-state index in [1.807, 2.05) is 61.5 Å². The van der Waals surface area contributed by atoms with Gasteiger partial charge in [-0.2, -0.15) is 0 Å². The monoisotopic (exact) mass is 394 g/mol. The van der Waals surface area contributed by atoms with Crippen LogP contribution in [0, 0.1) is 6.92 Å². The summed E-state index contributed by atoms with van der Waals surface area (Å²) < 4.78 is 4.12. The highest BCUT2D eigenvalue weighted by atomic mass is 79.9. The molecule has 0 aliphatic carbocycles. The van der Waals surface area contributed by atoms with Crippen LogP contribution in [0.3, 0.4) is 0 Å². The fraction of sp³-hybridized carbons (Fsp3) is 0.0526. The van der Waals surface area contributed by atoms with E-state index < -0.39 is 0 Å². The van der Waals surface area contributed by atoms with Crippen LogP contribution in [0.1, 0.15) is 5.56 Å². The second kappa shape index (κ2) is 5.89. The molecule has 2 aromatic heterocycles. The standard InChI is InChI=1S/C19H15BrN4O/c1-12-5-4-6-15(18(12)21)23-14-9-8-13(20)11-16(14)24(19(23)25)17-7-2-3-10-22-17/h2-11H,21H2,1H3. The van der Waals surface area contributed by atoms with Crippen LogP contribution in [-0.2, 0) is 0 Å². The lowest BCUT2D eigenvalue weighted by Crippen LogP contribution is -2.23. The van der Waals surface area contributed by atoms with Crippen molar-refractivity contribution in [2.75, 3.05) is 5.73 Å². The average Bonchev–Trinajstić information content (AvgIpc) is 2.89. The van der Waals surface area contributed by atoms with E-state index in [0.29, 0.717) is 17.2 Å². The maximum Gasteiger partial charge on any atom is 0.339 e. The Balaban J connectivity index is 2.16. The van der Waals surface area contributed by atoms with E-state index >= 15 is 0 Å². The third-order valence-corrected chi connectivity index (χ3v) is 4.72. The number of rotatable bonds is 2. The smallest absolute Gasteiger partial charge is 0.339 e. The van der Waals surface area contributed by atoms with Gasteiger partial charge in [0.1, 0.15) is 5.82 Å². The second-order valence-electron chi connectivity index (χ2n) is 5.78. The number of hydrogen-bond acceptors (Lipinski definition) is 3. The van der Waals surface area contributed by atoms with Crippen LogP contribution in [0.2, 0.25) is 0 Å². The Morgan fingerprint density at radius 1 is 1.00 bits per heavy atom. The van der Waals surface area contributed by atoms with E-state index in [2.05, 4.69) is 20.9 Å². The number of pyridine rings is 1. The number of nitrogens with zero attached hydrogens (tertiary/aromatic N) is 3. The topological polar surface area (TPSA) is 65.8 Å². The van der Waals surface area contributed by atoms with Crippen LogP contribution in [0.4, 0.5) is 5.69 Å². The van der Waals surface area contributed by atoms with Crippen LogP contribution in [-0.4, -0.2) is 14.1 Å². The van der Waals surface area contributed by atoms with Crippen molar-refractivity contribution >= 4 is 32.7 Å². The summed E-state index contributed by atoms with van der Waals surface area (Å²) in [7, 11) is 0. The zero-order valence-electron chi connectivity index (χ0n) is 13.5. The normalized spacial score (nSPS) is 11.1. The summed E-state index contributed by atoms with van der Waals surface area (Å²) in [4.78, 5) is 17.6. The van der Waals surface area contributed by atoms with Gasteiger partial charge in [-0.25, -0.2) is 14.3 Å². The molecule has 0 atom stereocenters. The van der Waals surface area contributed by atoms with Gasteiger partial charge in [-0.3, -0.25) is 4.57 Å². The van der Waals surface area contributed by atoms with E-state index in [1.54, 1.807) is 15.3 Å². The van der Waals surface area contributed by atoms with Crippen molar-refractivity contribution in [3.8, 4) is 11.5 Å². The van der Waals surface area contributed by atoms with E-state index in [1.165, 1.54) is 0 Å². The zero-order valence-corrected chi connectivity index (χ0v) is 15.1. The summed E-state index contributed by atoms with van der Waals surface area (Å²) in [6.07, 6.45) is 1.67. The maximum atomic E-state index is 13.3. The predicted molar refractivity (Wildman–Crippen MR) is 104 cm³/mol. The van der Waals surface area contributed by atoms with Gasteiger partial charge in [0.25, 0.3) is 0 Å². The Kier molecular flexibility index (Phi) is 3.69. The van der Waals surface area contributed by atoms with Crippen molar-refractivity contribution in [3.05, 3.63) is 81.3 Å². The van der Waals surface area contributed by atoms with Gasteiger partial charge in [0.2, 0.25) is 0 Å². The second-order valence-corrected chi connectivity index (χ2v) is 6.70. The lowest BCUT2D eigenvalue weighted by atomic mass is 10.1. The number of halogens is 1. The zero-order chi connectivity index (χ0) is 17.6. The van der Waals surface area contributed by atoms with Crippen LogP contribution < -0.4 is 11.4 Å². The summed E-state index contributed by atoms with van der Waals surface area (Å²) >= 11 is 3.49. The van der Waals surface area contributed by atoms with Gasteiger partial charge in [0, 0.05) is 10.7 Å². The quantitative estimate of drug-likeness (QED) is 0.525. The average molecular weight is 395 g/mol. The van der Waals surface area contributed by atoms with Crippen LogP contribution >= 0.6 is 15.9 Å². The van der Waals surface area contributed by atoms with Crippen LogP contribution in [0.25, 0.3) is 22.5 Å². The van der Waals surface area contributed by atoms with Gasteiger partial charge in [-0.1, -0.05) is 34.1 Å². The predicted octanol–water partition coefficient (Wildman–Crippen LogP) is 3.83. The lowest BCUT2D eigenvalue weighted by Gasteiger charge is -2.09. The van der Waals surface area contributed by atoms with Crippen molar-refractivity contribution in [1.82, 2.24) is 14.1 Å². The highest BCUT2D eigenvalue weighted by Gasteiger charge is 2.18. The SMILES string of the molecule is Cc1cccc(-n2c(=O)n(-c3ccccn3)c3cc(Br)ccc32)c1N. The molecule has 124 valence electrons. The van der Waals surface area contributed by atoms with Crippen molar-refractivity contribution in [2.24, 2.45) is 0 Å². The first-order valence-corrected chi connectivity index (χ1v) is 8.57. The van der Waals surface area contributed by atoms with Crippen molar-refractivity contribution < 1.29 is 0 Å². The molecule has 4 aromatic rings. The molecule has 2 aromatic carbocycles. The lowest BCUT2D eigenvalue weighted by molar-refractivity contribution is 0.905. The van der Waals surface area contributed by atoms with Gasteiger partial charge in [-0.05, 0) is 48.9 Å². The molecule has 6 heteroatoms. The fourth-order valence-corrected chi connectivity index (χ4v) is 3.32. The molecule has 0 bridgehead atoms. The summed E-state index contributed by atoms with van der Waals surface area (Å²) in [5, 5.41) is 0. The molecule has 4 rings (SSSR count). The molecule has 0 saturated carbocycles. The molecule has 0 unspecified atom stereocenters. The first-order chi connectivity index (χ1) is 12.1. The third-order valence-electron chi connectivity index (χ3n) is 4.22. The fourth-order valence-electron chi connectivity index (χ4n) is 2.97. The molecule has 25 heavy (non-hydrogen) atoms. The van der Waals surface area contributed by atoms with Crippen molar-refractivity contribution in [1.29, 1.82) is 0 Å². The minimum absolute atomic E-state index is 0.205. The van der Waals surface area contributed by atoms with Gasteiger partial charge < -0.3 is 5.73 Å². The molecule has 0 saturated heterocycles.